The van der Waals surface area contributed by atoms with Crippen LogP contribution in [-0.4, -0.2) is 16.9 Å². The van der Waals surface area contributed by atoms with Gasteiger partial charge < -0.3 is 4.74 Å². The minimum atomic E-state index is -2.99. The van der Waals surface area contributed by atoms with E-state index in [4.69, 9.17) is 0 Å². The Kier molecular flexibility index (Phi) is 5.27. The number of aryl methyl sites for hydroxylation is 1. The van der Waals surface area contributed by atoms with E-state index in [-0.39, 0.29) is 11.4 Å². The normalized spacial score (nSPS) is 10.6. The first kappa shape index (κ1) is 13.8. The van der Waals surface area contributed by atoms with Crippen molar-refractivity contribution >= 4 is 21.6 Å². The Morgan fingerprint density at radius 2 is 2.12 bits per heavy atom. The smallest absolute Gasteiger partial charge is 0.387 e. The molecule has 17 heavy (non-hydrogen) atoms. The van der Waals surface area contributed by atoms with Crippen molar-refractivity contribution in [2.24, 2.45) is 0 Å². The van der Waals surface area contributed by atoms with Gasteiger partial charge in [-0.3, -0.25) is 10.1 Å². The molecule has 4 nitrogen and oxygen atoms in total. The zero-order valence-corrected chi connectivity index (χ0v) is 10.3. The minimum absolute atomic E-state index is 0.182. The van der Waals surface area contributed by atoms with Crippen molar-refractivity contribution in [2.75, 3.05) is 5.33 Å². The quantitative estimate of drug-likeness (QED) is 0.459. The summed E-state index contributed by atoms with van der Waals surface area (Å²) in [6, 6.07) is 3.74. The largest absolute Gasteiger partial charge is 0.435 e. The van der Waals surface area contributed by atoms with Gasteiger partial charge in [-0.1, -0.05) is 15.9 Å². The number of nitrogens with zero attached hydrogens (tertiary/aromatic N) is 1. The highest BCUT2D eigenvalue weighted by atomic mass is 79.9. The average Bonchev–Trinajstić information content (AvgIpc) is 2.25. The van der Waals surface area contributed by atoms with Crippen molar-refractivity contribution in [1.29, 1.82) is 0 Å². The van der Waals surface area contributed by atoms with Crippen LogP contribution in [0.3, 0.4) is 0 Å². The van der Waals surface area contributed by atoms with Crippen LogP contribution in [0.15, 0.2) is 18.2 Å². The summed E-state index contributed by atoms with van der Waals surface area (Å²) in [5, 5.41) is 11.4. The van der Waals surface area contributed by atoms with Gasteiger partial charge in [-0.15, -0.1) is 0 Å². The Morgan fingerprint density at radius 1 is 1.41 bits per heavy atom. The van der Waals surface area contributed by atoms with Crippen molar-refractivity contribution in [3.05, 3.63) is 33.9 Å². The topological polar surface area (TPSA) is 52.4 Å². The van der Waals surface area contributed by atoms with Crippen molar-refractivity contribution in [1.82, 2.24) is 0 Å². The molecule has 7 heteroatoms. The second kappa shape index (κ2) is 6.48. The summed E-state index contributed by atoms with van der Waals surface area (Å²) in [5.41, 5.74) is 0.363. The number of alkyl halides is 3. The van der Waals surface area contributed by atoms with Gasteiger partial charge in [-0.05, 0) is 24.5 Å². The predicted molar refractivity (Wildman–Crippen MR) is 61.8 cm³/mol. The highest BCUT2D eigenvalue weighted by Crippen LogP contribution is 2.25. The maximum Gasteiger partial charge on any atom is 0.387 e. The van der Waals surface area contributed by atoms with Gasteiger partial charge in [0.2, 0.25) is 0 Å². The maximum atomic E-state index is 12.0. The summed E-state index contributed by atoms with van der Waals surface area (Å²) in [6.45, 7) is -2.99. The number of hydrogen-bond donors (Lipinski definition) is 0. The van der Waals surface area contributed by atoms with E-state index >= 15 is 0 Å². The summed E-state index contributed by atoms with van der Waals surface area (Å²) >= 11 is 3.23. The molecular weight excluding hydrogens is 300 g/mol. The van der Waals surface area contributed by atoms with E-state index in [1.165, 1.54) is 12.1 Å². The first-order chi connectivity index (χ1) is 8.02. The SMILES string of the molecule is O=[N+]([O-])c1cc(CCCBr)cc(OC(F)F)c1. The fourth-order valence-corrected chi connectivity index (χ4v) is 1.62. The molecule has 0 unspecified atom stereocenters. The lowest BCUT2D eigenvalue weighted by atomic mass is 10.1. The van der Waals surface area contributed by atoms with Gasteiger partial charge in [0.15, 0.2) is 0 Å². The van der Waals surface area contributed by atoms with E-state index in [1.54, 1.807) is 0 Å². The van der Waals surface area contributed by atoms with Gasteiger partial charge in [0.25, 0.3) is 5.69 Å². The Hall–Kier alpha value is -1.24. The number of halogens is 3. The van der Waals surface area contributed by atoms with Gasteiger partial charge >= 0.3 is 6.61 Å². The third-order valence-corrected chi connectivity index (χ3v) is 2.55. The van der Waals surface area contributed by atoms with Gasteiger partial charge in [0.1, 0.15) is 5.75 Å². The molecule has 0 N–H and O–H groups in total. The number of nitro groups is 1. The molecule has 1 aromatic rings. The highest BCUT2D eigenvalue weighted by Gasteiger charge is 2.13. The molecule has 0 amide bonds. The van der Waals surface area contributed by atoms with Gasteiger partial charge in [-0.25, -0.2) is 0 Å². The Labute approximate surface area is 105 Å². The molecule has 0 bridgehead atoms. The van der Waals surface area contributed by atoms with Crippen LogP contribution < -0.4 is 4.74 Å². The molecule has 1 aromatic carbocycles. The number of non-ortho nitro benzene ring substituents is 1. The number of hydrogen-bond acceptors (Lipinski definition) is 3. The van der Waals surface area contributed by atoms with Gasteiger partial charge in [0, 0.05) is 11.4 Å². The first-order valence-corrected chi connectivity index (χ1v) is 5.94. The predicted octanol–water partition coefficient (Wildman–Crippen LogP) is 3.52. The number of benzene rings is 1. The average molecular weight is 310 g/mol. The van der Waals surface area contributed by atoms with Crippen LogP contribution in [0.2, 0.25) is 0 Å². The van der Waals surface area contributed by atoms with E-state index < -0.39 is 11.5 Å². The summed E-state index contributed by atoms with van der Waals surface area (Å²) in [7, 11) is 0. The Bertz CT molecular complexity index is 401. The van der Waals surface area contributed by atoms with Crippen LogP contribution in [0, 0.1) is 10.1 Å². The molecule has 0 heterocycles. The van der Waals surface area contributed by atoms with Gasteiger partial charge in [0.05, 0.1) is 11.0 Å². The fraction of sp³-hybridized carbons (Fsp3) is 0.400. The highest BCUT2D eigenvalue weighted by molar-refractivity contribution is 9.09. The van der Waals surface area contributed by atoms with Crippen LogP contribution in [-0.2, 0) is 6.42 Å². The van der Waals surface area contributed by atoms with Crippen LogP contribution in [0.5, 0.6) is 5.75 Å². The monoisotopic (exact) mass is 309 g/mol. The van der Waals surface area contributed by atoms with Crippen LogP contribution in [0.25, 0.3) is 0 Å². The lowest BCUT2D eigenvalue weighted by Gasteiger charge is -2.06. The van der Waals surface area contributed by atoms with Crippen molar-refractivity contribution < 1.29 is 18.4 Å². The maximum absolute atomic E-state index is 12.0. The fourth-order valence-electron chi connectivity index (χ4n) is 1.34. The van der Waals surface area contributed by atoms with Crippen molar-refractivity contribution in [3.8, 4) is 5.75 Å². The van der Waals surface area contributed by atoms with Crippen molar-refractivity contribution in [3.63, 3.8) is 0 Å². The number of nitro benzene ring substituents is 1. The number of rotatable bonds is 6. The third kappa shape index (κ3) is 4.64. The molecule has 0 saturated carbocycles. The molecule has 0 fully saturated rings. The first-order valence-electron chi connectivity index (χ1n) is 4.82. The molecule has 1 rings (SSSR count). The molecule has 0 saturated heterocycles. The molecule has 94 valence electrons. The number of ether oxygens (including phenoxy) is 1. The van der Waals surface area contributed by atoms with Crippen LogP contribution in [0.4, 0.5) is 14.5 Å². The Balaban J connectivity index is 2.96. The van der Waals surface area contributed by atoms with E-state index in [1.807, 2.05) is 0 Å². The molecule has 0 aromatic heterocycles. The second-order valence-corrected chi connectivity index (χ2v) is 4.06. The van der Waals surface area contributed by atoms with E-state index in [2.05, 4.69) is 20.7 Å². The van der Waals surface area contributed by atoms with Gasteiger partial charge in [-0.2, -0.15) is 8.78 Å². The Morgan fingerprint density at radius 3 is 2.65 bits per heavy atom. The summed E-state index contributed by atoms with van der Waals surface area (Å²) < 4.78 is 28.3. The van der Waals surface area contributed by atoms with Crippen LogP contribution >= 0.6 is 15.9 Å². The summed E-state index contributed by atoms with van der Waals surface area (Å²) in [5.74, 6) is -0.182. The van der Waals surface area contributed by atoms with Crippen molar-refractivity contribution in [2.45, 2.75) is 19.5 Å². The lowest BCUT2D eigenvalue weighted by Crippen LogP contribution is -2.03. The van der Waals surface area contributed by atoms with E-state index in [0.717, 1.165) is 17.8 Å². The molecule has 0 aliphatic rings. The summed E-state index contributed by atoms with van der Waals surface area (Å²) in [6.07, 6.45) is 1.32. The van der Waals surface area contributed by atoms with Crippen LogP contribution in [0.1, 0.15) is 12.0 Å². The zero-order valence-electron chi connectivity index (χ0n) is 8.74. The minimum Gasteiger partial charge on any atom is -0.435 e. The molecule has 0 aliphatic carbocycles. The molecule has 0 atom stereocenters. The second-order valence-electron chi connectivity index (χ2n) is 3.26. The van der Waals surface area contributed by atoms with E-state index in [9.17, 15) is 18.9 Å². The molecule has 0 spiro atoms. The third-order valence-electron chi connectivity index (χ3n) is 1.99. The van der Waals surface area contributed by atoms with E-state index in [0.29, 0.717) is 12.0 Å². The standard InChI is InChI=1S/C10H10BrF2NO3/c11-3-1-2-7-4-8(14(15)16)6-9(5-7)17-10(12)13/h4-6,10H,1-3H2. The zero-order chi connectivity index (χ0) is 12.8. The lowest BCUT2D eigenvalue weighted by molar-refractivity contribution is -0.385. The molecule has 0 aliphatic heterocycles. The summed E-state index contributed by atoms with van der Waals surface area (Å²) in [4.78, 5) is 9.99. The molecule has 0 radical (unpaired) electrons. The molecular formula is C10H10BrF2NO3.